The van der Waals surface area contributed by atoms with Crippen LogP contribution in [0.2, 0.25) is 0 Å². The van der Waals surface area contributed by atoms with E-state index in [9.17, 15) is 32.9 Å². The highest BCUT2D eigenvalue weighted by atomic mass is 19.4. The Balaban J connectivity index is 1.34. The van der Waals surface area contributed by atoms with E-state index in [1.807, 2.05) is 4.90 Å². The van der Waals surface area contributed by atoms with Gasteiger partial charge in [-0.15, -0.1) is 0 Å². The zero-order valence-corrected chi connectivity index (χ0v) is 21.4. The maximum atomic E-state index is 14.4. The van der Waals surface area contributed by atoms with E-state index in [1.54, 1.807) is 42.5 Å². The number of anilines is 1. The molecule has 2 heterocycles. The van der Waals surface area contributed by atoms with Crippen molar-refractivity contribution < 1.29 is 32.4 Å². The standard InChI is InChI=1S/C28H25F3N4O5/c1-32(15-16-33-14-13-18(17-33)34-26(36)20-9-5-6-10-21(20)27(34)37)25-22(35(38)39)11-12-23(24(25)28(29,30)31)40-19-7-3-2-4-8-19/h2-12,18H,13-17H2,1H3/t18-/m0/s1. The third-order valence-electron chi connectivity index (χ3n) is 7.14. The minimum absolute atomic E-state index is 0.0214. The molecule has 9 nitrogen and oxygen atoms in total. The predicted molar refractivity (Wildman–Crippen MR) is 140 cm³/mol. The number of hydrogen-bond acceptors (Lipinski definition) is 7. The zero-order chi connectivity index (χ0) is 28.6. The molecule has 0 saturated carbocycles. The van der Waals surface area contributed by atoms with Gasteiger partial charge in [0, 0.05) is 39.3 Å². The van der Waals surface area contributed by atoms with Crippen molar-refractivity contribution in [2.24, 2.45) is 0 Å². The number of ether oxygens (including phenoxy) is 1. The third kappa shape index (κ3) is 5.09. The number of carbonyl (C=O) groups excluding carboxylic acids is 2. The van der Waals surface area contributed by atoms with Crippen molar-refractivity contribution in [3.05, 3.63) is 93.5 Å². The number of carbonyl (C=O) groups is 2. The molecule has 5 rings (SSSR count). The molecule has 0 unspecified atom stereocenters. The van der Waals surface area contributed by atoms with Crippen LogP contribution in [0.25, 0.3) is 0 Å². The number of benzene rings is 3. The van der Waals surface area contributed by atoms with Gasteiger partial charge in [-0.3, -0.25) is 29.5 Å². The topological polar surface area (TPSA) is 96.2 Å². The first kappa shape index (κ1) is 27.1. The van der Waals surface area contributed by atoms with Crippen molar-refractivity contribution in [1.29, 1.82) is 0 Å². The molecule has 3 aromatic rings. The van der Waals surface area contributed by atoms with E-state index in [-0.39, 0.29) is 36.7 Å². The highest BCUT2D eigenvalue weighted by Gasteiger charge is 2.44. The molecule has 0 aliphatic carbocycles. The summed E-state index contributed by atoms with van der Waals surface area (Å²) in [6.07, 6.45) is -4.42. The van der Waals surface area contributed by atoms with Crippen LogP contribution in [-0.2, 0) is 6.18 Å². The fraction of sp³-hybridized carbons (Fsp3) is 0.286. The van der Waals surface area contributed by atoms with Crippen LogP contribution >= 0.6 is 0 Å². The lowest BCUT2D eigenvalue weighted by atomic mass is 10.1. The molecule has 2 amide bonds. The summed E-state index contributed by atoms with van der Waals surface area (Å²) in [6, 6.07) is 16.1. The predicted octanol–water partition coefficient (Wildman–Crippen LogP) is 5.21. The van der Waals surface area contributed by atoms with E-state index in [2.05, 4.69) is 0 Å². The van der Waals surface area contributed by atoms with E-state index in [4.69, 9.17) is 4.74 Å². The van der Waals surface area contributed by atoms with Gasteiger partial charge >= 0.3 is 6.18 Å². The summed E-state index contributed by atoms with van der Waals surface area (Å²) < 4.78 is 48.6. The third-order valence-corrected chi connectivity index (χ3v) is 7.14. The van der Waals surface area contributed by atoms with Crippen LogP contribution in [0.5, 0.6) is 11.5 Å². The van der Waals surface area contributed by atoms with Gasteiger partial charge in [0.2, 0.25) is 0 Å². The summed E-state index contributed by atoms with van der Waals surface area (Å²) in [5, 5.41) is 11.8. The van der Waals surface area contributed by atoms with Crippen molar-refractivity contribution >= 4 is 23.2 Å². The van der Waals surface area contributed by atoms with Crippen LogP contribution in [0, 0.1) is 10.1 Å². The van der Waals surface area contributed by atoms with E-state index in [0.717, 1.165) is 12.1 Å². The molecule has 2 aliphatic heterocycles. The minimum atomic E-state index is -4.94. The van der Waals surface area contributed by atoms with Gasteiger partial charge in [0.1, 0.15) is 22.7 Å². The molecule has 0 bridgehead atoms. The molecule has 12 heteroatoms. The van der Waals surface area contributed by atoms with E-state index >= 15 is 0 Å². The Morgan fingerprint density at radius 3 is 2.23 bits per heavy atom. The second-order valence-electron chi connectivity index (χ2n) is 9.67. The van der Waals surface area contributed by atoms with E-state index in [0.29, 0.717) is 30.6 Å². The zero-order valence-electron chi connectivity index (χ0n) is 21.4. The van der Waals surface area contributed by atoms with E-state index in [1.165, 1.54) is 29.0 Å². The number of nitro groups is 1. The summed E-state index contributed by atoms with van der Waals surface area (Å²) in [5.74, 6) is -1.10. The first-order valence-electron chi connectivity index (χ1n) is 12.6. The molecule has 1 saturated heterocycles. The normalized spacial score (nSPS) is 17.3. The first-order valence-corrected chi connectivity index (χ1v) is 12.6. The summed E-state index contributed by atoms with van der Waals surface area (Å²) in [6.45, 7) is 1.14. The molecule has 2 aliphatic rings. The molecule has 1 fully saturated rings. The van der Waals surface area contributed by atoms with Gasteiger partial charge in [0.05, 0.1) is 22.1 Å². The van der Waals surface area contributed by atoms with Gasteiger partial charge in [0.15, 0.2) is 0 Å². The van der Waals surface area contributed by atoms with Gasteiger partial charge in [-0.1, -0.05) is 30.3 Å². The smallest absolute Gasteiger partial charge is 0.422 e. The molecule has 0 radical (unpaired) electrons. The molecule has 0 spiro atoms. The molecule has 0 N–H and O–H groups in total. The average molecular weight is 555 g/mol. The fourth-order valence-corrected chi connectivity index (χ4v) is 5.24. The number of para-hydroxylation sites is 1. The Kier molecular flexibility index (Phi) is 7.19. The number of nitrogens with zero attached hydrogens (tertiary/aromatic N) is 4. The number of amides is 2. The number of likely N-dealkylation sites (N-methyl/N-ethyl adjacent to an activating group) is 1. The summed E-state index contributed by atoms with van der Waals surface area (Å²) in [5.41, 5.74) is -1.81. The van der Waals surface area contributed by atoms with Gasteiger partial charge in [-0.2, -0.15) is 13.2 Å². The van der Waals surface area contributed by atoms with Crippen LogP contribution in [0.1, 0.15) is 32.7 Å². The molecule has 3 aromatic carbocycles. The second kappa shape index (κ2) is 10.6. The van der Waals surface area contributed by atoms with Gasteiger partial charge in [-0.05, 0) is 36.8 Å². The number of alkyl halides is 3. The summed E-state index contributed by atoms with van der Waals surface area (Å²) >= 11 is 0. The van der Waals surface area contributed by atoms with Crippen molar-refractivity contribution in [2.75, 3.05) is 38.1 Å². The van der Waals surface area contributed by atoms with Crippen molar-refractivity contribution in [2.45, 2.75) is 18.6 Å². The van der Waals surface area contributed by atoms with Crippen molar-refractivity contribution in [3.63, 3.8) is 0 Å². The molecule has 0 aromatic heterocycles. The summed E-state index contributed by atoms with van der Waals surface area (Å²) in [4.78, 5) is 41.0. The lowest BCUT2D eigenvalue weighted by molar-refractivity contribution is -0.384. The lowest BCUT2D eigenvalue weighted by Gasteiger charge is -2.27. The average Bonchev–Trinajstić information content (AvgIpc) is 3.48. The fourth-order valence-electron chi connectivity index (χ4n) is 5.24. The highest BCUT2D eigenvalue weighted by Crippen LogP contribution is 2.48. The molecule has 208 valence electrons. The quantitative estimate of drug-likeness (QED) is 0.214. The van der Waals surface area contributed by atoms with Crippen molar-refractivity contribution in [1.82, 2.24) is 9.80 Å². The number of likely N-dealkylation sites (tertiary alicyclic amines) is 1. The van der Waals surface area contributed by atoms with Crippen LogP contribution in [0.15, 0.2) is 66.7 Å². The van der Waals surface area contributed by atoms with E-state index < -0.39 is 33.8 Å². The van der Waals surface area contributed by atoms with Crippen LogP contribution < -0.4 is 9.64 Å². The molecule has 1 atom stereocenters. The van der Waals surface area contributed by atoms with Gasteiger partial charge in [-0.25, -0.2) is 0 Å². The number of halogens is 3. The number of rotatable bonds is 8. The van der Waals surface area contributed by atoms with Gasteiger partial charge < -0.3 is 9.64 Å². The Bertz CT molecular complexity index is 1430. The number of nitro benzene ring substituents is 1. The number of hydrogen-bond donors (Lipinski definition) is 0. The van der Waals surface area contributed by atoms with Crippen LogP contribution in [-0.4, -0.2) is 65.8 Å². The monoisotopic (exact) mass is 554 g/mol. The highest BCUT2D eigenvalue weighted by molar-refractivity contribution is 6.21. The van der Waals surface area contributed by atoms with Gasteiger partial charge in [0.25, 0.3) is 17.5 Å². The Morgan fingerprint density at radius 1 is 1.00 bits per heavy atom. The first-order chi connectivity index (χ1) is 19.1. The maximum Gasteiger partial charge on any atom is 0.422 e. The Morgan fingerprint density at radius 2 is 1.62 bits per heavy atom. The minimum Gasteiger partial charge on any atom is -0.457 e. The Labute approximate surface area is 227 Å². The second-order valence-corrected chi connectivity index (χ2v) is 9.67. The van der Waals surface area contributed by atoms with Crippen molar-refractivity contribution in [3.8, 4) is 11.5 Å². The number of imide groups is 1. The molecular formula is C28H25F3N4O5. The molecular weight excluding hydrogens is 529 g/mol. The molecule has 40 heavy (non-hydrogen) atoms. The van der Waals surface area contributed by atoms with Crippen LogP contribution in [0.4, 0.5) is 24.5 Å². The van der Waals surface area contributed by atoms with Crippen LogP contribution in [0.3, 0.4) is 0 Å². The lowest BCUT2D eigenvalue weighted by Crippen LogP contribution is -2.42. The SMILES string of the molecule is CN(CCN1CC[C@H](N2C(=O)c3ccccc3C2=O)C1)c1c([N+](=O)[O-])ccc(Oc2ccccc2)c1C(F)(F)F. The maximum absolute atomic E-state index is 14.4. The summed E-state index contributed by atoms with van der Waals surface area (Å²) in [7, 11) is 1.36. The Hall–Kier alpha value is -4.45. The largest absolute Gasteiger partial charge is 0.457 e. The number of fused-ring (bicyclic) bond motifs is 1.